The Morgan fingerprint density at radius 1 is 1.09 bits per heavy atom. The van der Waals surface area contributed by atoms with E-state index in [2.05, 4.69) is 10.6 Å². The van der Waals surface area contributed by atoms with Gasteiger partial charge in [-0.1, -0.05) is 44.2 Å². The van der Waals surface area contributed by atoms with E-state index in [-0.39, 0.29) is 29.8 Å². The van der Waals surface area contributed by atoms with E-state index in [1.807, 2.05) is 0 Å². The summed E-state index contributed by atoms with van der Waals surface area (Å²) in [6.45, 7) is 6.10. The van der Waals surface area contributed by atoms with Gasteiger partial charge in [0.25, 0.3) is 5.91 Å². The zero-order valence-electron chi connectivity index (χ0n) is 18.9. The lowest BCUT2D eigenvalue weighted by molar-refractivity contribution is -0.125. The van der Waals surface area contributed by atoms with E-state index in [0.29, 0.717) is 24.2 Å². The van der Waals surface area contributed by atoms with E-state index in [1.165, 1.54) is 16.4 Å². The summed E-state index contributed by atoms with van der Waals surface area (Å²) in [7, 11) is -3.55. The first-order valence-corrected chi connectivity index (χ1v) is 12.2. The molecule has 1 aliphatic rings. The second-order valence-corrected chi connectivity index (χ2v) is 9.59. The molecule has 10 heteroatoms. The van der Waals surface area contributed by atoms with E-state index in [0.717, 1.165) is 10.5 Å². The summed E-state index contributed by atoms with van der Waals surface area (Å²) in [5, 5.41) is 5.36. The van der Waals surface area contributed by atoms with Gasteiger partial charge < -0.3 is 10.6 Å². The molecule has 0 aromatic heterocycles. The topological polar surface area (TPSA) is 116 Å². The van der Waals surface area contributed by atoms with Crippen LogP contribution in [0.4, 0.5) is 4.79 Å². The summed E-state index contributed by atoms with van der Waals surface area (Å²) < 4.78 is 26.7. The molecule has 9 nitrogen and oxygen atoms in total. The number of amides is 4. The monoisotopic (exact) mass is 472 g/mol. The molecule has 1 saturated heterocycles. The number of nitrogens with zero attached hydrogens (tertiary/aromatic N) is 2. The zero-order valence-corrected chi connectivity index (χ0v) is 19.7. The standard InChI is InChI=1S/C23H28N4O5S/c1-4-26(5-2)33(31,32)19-12-10-17(11-13-19)16(3)25-22(29)20-9-7-6-8-18(20)15-27-21(28)14-24-23(27)30/h6-13,16H,4-5,14-15H2,1-3H3,(H,24,30)(H,25,29)/t16-/m0/s1. The number of nitrogens with one attached hydrogen (secondary N) is 2. The molecule has 33 heavy (non-hydrogen) atoms. The van der Waals surface area contributed by atoms with Crippen molar-refractivity contribution in [3.8, 4) is 0 Å². The molecule has 0 bridgehead atoms. The number of benzene rings is 2. The molecule has 1 atom stereocenters. The molecule has 176 valence electrons. The highest BCUT2D eigenvalue weighted by molar-refractivity contribution is 7.89. The molecule has 3 rings (SSSR count). The Morgan fingerprint density at radius 2 is 1.73 bits per heavy atom. The van der Waals surface area contributed by atoms with Crippen LogP contribution in [0.2, 0.25) is 0 Å². The molecular weight excluding hydrogens is 444 g/mol. The lowest BCUT2D eigenvalue weighted by Crippen LogP contribution is -2.32. The van der Waals surface area contributed by atoms with Gasteiger partial charge in [-0.2, -0.15) is 4.31 Å². The first-order chi connectivity index (χ1) is 15.7. The van der Waals surface area contributed by atoms with Crippen molar-refractivity contribution in [1.29, 1.82) is 0 Å². The molecule has 0 radical (unpaired) electrons. The van der Waals surface area contributed by atoms with Crippen LogP contribution in [0, 0.1) is 0 Å². The Morgan fingerprint density at radius 3 is 2.30 bits per heavy atom. The van der Waals surface area contributed by atoms with Gasteiger partial charge in [0.05, 0.1) is 24.0 Å². The fourth-order valence-electron chi connectivity index (χ4n) is 3.66. The minimum Gasteiger partial charge on any atom is -0.346 e. The Labute approximate surface area is 193 Å². The van der Waals surface area contributed by atoms with Crippen molar-refractivity contribution in [2.75, 3.05) is 19.6 Å². The zero-order chi connectivity index (χ0) is 24.2. The summed E-state index contributed by atoms with van der Waals surface area (Å²) in [5.74, 6) is -0.701. The first-order valence-electron chi connectivity index (χ1n) is 10.8. The Bertz CT molecular complexity index is 1130. The number of urea groups is 1. The molecule has 0 spiro atoms. The van der Waals surface area contributed by atoms with Crippen molar-refractivity contribution in [3.63, 3.8) is 0 Å². The highest BCUT2D eigenvalue weighted by Gasteiger charge is 2.29. The summed E-state index contributed by atoms with van der Waals surface area (Å²) in [5.41, 5.74) is 1.65. The number of rotatable bonds is 9. The number of sulfonamides is 1. The summed E-state index contributed by atoms with van der Waals surface area (Å²) in [6.07, 6.45) is 0. The van der Waals surface area contributed by atoms with Gasteiger partial charge in [0.1, 0.15) is 0 Å². The van der Waals surface area contributed by atoms with E-state index < -0.39 is 22.1 Å². The third-order valence-corrected chi connectivity index (χ3v) is 7.66. The van der Waals surface area contributed by atoms with Gasteiger partial charge in [0.15, 0.2) is 0 Å². The maximum absolute atomic E-state index is 13.0. The van der Waals surface area contributed by atoms with Gasteiger partial charge in [-0.15, -0.1) is 0 Å². The number of carbonyl (C=O) groups excluding carboxylic acids is 3. The van der Waals surface area contributed by atoms with Gasteiger partial charge in [-0.25, -0.2) is 13.2 Å². The Kier molecular flexibility index (Phi) is 7.50. The SMILES string of the molecule is CCN(CC)S(=O)(=O)c1ccc([C@H](C)NC(=O)c2ccccc2CN2C(=O)CNC2=O)cc1. The van der Waals surface area contributed by atoms with E-state index in [4.69, 9.17) is 0 Å². The van der Waals surface area contributed by atoms with Crippen LogP contribution in [0.5, 0.6) is 0 Å². The average Bonchev–Trinajstić information content (AvgIpc) is 3.12. The quantitative estimate of drug-likeness (QED) is 0.543. The minimum atomic E-state index is -3.55. The Hall–Kier alpha value is -3.24. The van der Waals surface area contributed by atoms with Crippen LogP contribution in [0.15, 0.2) is 53.4 Å². The molecule has 2 N–H and O–H groups in total. The van der Waals surface area contributed by atoms with Crippen LogP contribution < -0.4 is 10.6 Å². The lowest BCUT2D eigenvalue weighted by Gasteiger charge is -2.20. The largest absolute Gasteiger partial charge is 0.346 e. The maximum atomic E-state index is 13.0. The smallest absolute Gasteiger partial charge is 0.324 e. The van der Waals surface area contributed by atoms with Gasteiger partial charge >= 0.3 is 6.03 Å². The highest BCUT2D eigenvalue weighted by atomic mass is 32.2. The molecule has 0 unspecified atom stereocenters. The predicted molar refractivity (Wildman–Crippen MR) is 123 cm³/mol. The van der Waals surface area contributed by atoms with Crippen molar-refractivity contribution >= 4 is 27.9 Å². The maximum Gasteiger partial charge on any atom is 0.324 e. The van der Waals surface area contributed by atoms with Crippen molar-refractivity contribution in [3.05, 3.63) is 65.2 Å². The number of carbonyl (C=O) groups is 3. The van der Waals surface area contributed by atoms with Gasteiger partial charge in [-0.3, -0.25) is 14.5 Å². The molecule has 0 saturated carbocycles. The van der Waals surface area contributed by atoms with Crippen molar-refractivity contribution in [1.82, 2.24) is 19.8 Å². The molecule has 1 fully saturated rings. The van der Waals surface area contributed by atoms with E-state index >= 15 is 0 Å². The average molecular weight is 473 g/mol. The third kappa shape index (κ3) is 5.23. The van der Waals surface area contributed by atoms with Gasteiger partial charge in [0, 0.05) is 18.7 Å². The third-order valence-electron chi connectivity index (χ3n) is 5.60. The highest BCUT2D eigenvalue weighted by Crippen LogP contribution is 2.21. The lowest BCUT2D eigenvalue weighted by atomic mass is 10.0. The predicted octanol–water partition coefficient (Wildman–Crippen LogP) is 2.26. The normalized spacial score (nSPS) is 15.0. The number of imide groups is 1. The fourth-order valence-corrected chi connectivity index (χ4v) is 5.12. The van der Waals surface area contributed by atoms with Crippen molar-refractivity contribution < 1.29 is 22.8 Å². The van der Waals surface area contributed by atoms with Crippen LogP contribution in [0.25, 0.3) is 0 Å². The Balaban J connectivity index is 1.74. The van der Waals surface area contributed by atoms with Crippen LogP contribution in [0.3, 0.4) is 0 Å². The van der Waals surface area contributed by atoms with Crippen molar-refractivity contribution in [2.24, 2.45) is 0 Å². The molecule has 1 aliphatic heterocycles. The first kappa shape index (κ1) is 24.4. The van der Waals surface area contributed by atoms with E-state index in [1.54, 1.807) is 57.2 Å². The van der Waals surface area contributed by atoms with Gasteiger partial charge in [-0.05, 0) is 36.2 Å². The second kappa shape index (κ2) is 10.1. The molecule has 4 amide bonds. The summed E-state index contributed by atoms with van der Waals surface area (Å²) >= 11 is 0. The second-order valence-electron chi connectivity index (χ2n) is 7.65. The molecule has 2 aromatic carbocycles. The minimum absolute atomic E-state index is 0.000550. The summed E-state index contributed by atoms with van der Waals surface area (Å²) in [6, 6.07) is 12.3. The molecule has 0 aliphatic carbocycles. The van der Waals surface area contributed by atoms with Crippen LogP contribution in [-0.2, 0) is 21.4 Å². The van der Waals surface area contributed by atoms with Crippen molar-refractivity contribution in [2.45, 2.75) is 38.3 Å². The van der Waals surface area contributed by atoms with Crippen LogP contribution in [-0.4, -0.2) is 55.1 Å². The molecule has 2 aromatic rings. The van der Waals surface area contributed by atoms with Crippen LogP contribution in [0.1, 0.15) is 48.3 Å². The molecule has 1 heterocycles. The summed E-state index contributed by atoms with van der Waals surface area (Å²) in [4.78, 5) is 38.0. The number of hydrogen-bond acceptors (Lipinski definition) is 5. The van der Waals surface area contributed by atoms with Gasteiger partial charge in [0.2, 0.25) is 15.9 Å². The molecular formula is C23H28N4O5S. The number of hydrogen-bond donors (Lipinski definition) is 2. The fraction of sp³-hybridized carbons (Fsp3) is 0.348. The van der Waals surface area contributed by atoms with Crippen LogP contribution >= 0.6 is 0 Å². The van der Waals surface area contributed by atoms with E-state index in [9.17, 15) is 22.8 Å².